The summed E-state index contributed by atoms with van der Waals surface area (Å²) in [7, 11) is 0. The SMILES string of the molecule is NCC(=O)N[C@H](Cc1ccccc1)C(=O)NCC(=O)N[C@H](CCCCNC(N)=O)C(=O)N1CCC(N2CCCC2)CC1. The number of carbonyl (C=O) groups excluding carboxylic acids is 5. The second kappa shape index (κ2) is 17.3. The molecule has 232 valence electrons. The van der Waals surface area contributed by atoms with Gasteiger partial charge in [0.05, 0.1) is 13.1 Å². The molecule has 13 heteroatoms. The number of primary amides is 1. The lowest BCUT2D eigenvalue weighted by molar-refractivity contribution is -0.138. The van der Waals surface area contributed by atoms with E-state index in [1.54, 1.807) is 0 Å². The van der Waals surface area contributed by atoms with Crippen molar-refractivity contribution in [1.82, 2.24) is 31.1 Å². The molecule has 6 amide bonds. The first-order valence-electron chi connectivity index (χ1n) is 14.9. The first kappa shape index (κ1) is 32.8. The van der Waals surface area contributed by atoms with Crippen molar-refractivity contribution in [3.63, 3.8) is 0 Å². The number of rotatable bonds is 15. The smallest absolute Gasteiger partial charge is 0.312 e. The van der Waals surface area contributed by atoms with E-state index in [-0.39, 0.29) is 25.4 Å². The predicted molar refractivity (Wildman–Crippen MR) is 158 cm³/mol. The van der Waals surface area contributed by atoms with Gasteiger partial charge in [-0.15, -0.1) is 0 Å². The summed E-state index contributed by atoms with van der Waals surface area (Å²) in [5.41, 5.74) is 11.4. The molecule has 2 aliphatic rings. The van der Waals surface area contributed by atoms with Crippen molar-refractivity contribution in [3.8, 4) is 0 Å². The average Bonchev–Trinajstić information content (AvgIpc) is 3.54. The molecule has 1 aromatic carbocycles. The molecule has 0 bridgehead atoms. The van der Waals surface area contributed by atoms with Gasteiger partial charge in [-0.25, -0.2) is 4.79 Å². The second-order valence-corrected chi connectivity index (χ2v) is 10.9. The Kier molecular flexibility index (Phi) is 13.5. The number of benzene rings is 1. The summed E-state index contributed by atoms with van der Waals surface area (Å²) in [6.45, 7) is 3.25. The van der Waals surface area contributed by atoms with E-state index in [2.05, 4.69) is 26.2 Å². The lowest BCUT2D eigenvalue weighted by Crippen LogP contribution is -2.55. The number of piperidine rings is 1. The quantitative estimate of drug-likeness (QED) is 0.145. The van der Waals surface area contributed by atoms with Crippen LogP contribution in [0, 0.1) is 0 Å². The third kappa shape index (κ3) is 10.9. The highest BCUT2D eigenvalue weighted by Gasteiger charge is 2.32. The summed E-state index contributed by atoms with van der Waals surface area (Å²) in [4.78, 5) is 66.6. The number of carbonyl (C=O) groups is 5. The van der Waals surface area contributed by atoms with Crippen molar-refractivity contribution >= 4 is 29.7 Å². The molecular formula is C29H46N8O5. The number of amides is 6. The Labute approximate surface area is 247 Å². The molecule has 2 fully saturated rings. The van der Waals surface area contributed by atoms with E-state index in [9.17, 15) is 24.0 Å². The molecule has 8 N–H and O–H groups in total. The van der Waals surface area contributed by atoms with Crippen LogP contribution in [0.25, 0.3) is 0 Å². The number of urea groups is 1. The number of nitrogens with two attached hydrogens (primary N) is 2. The molecule has 2 atom stereocenters. The van der Waals surface area contributed by atoms with E-state index in [4.69, 9.17) is 11.5 Å². The number of unbranched alkanes of at least 4 members (excludes halogenated alkanes) is 1. The zero-order valence-electron chi connectivity index (χ0n) is 24.3. The third-order valence-corrected chi connectivity index (χ3v) is 7.83. The Bertz CT molecular complexity index is 1040. The highest BCUT2D eigenvalue weighted by atomic mass is 16.2. The highest BCUT2D eigenvalue weighted by Crippen LogP contribution is 2.22. The van der Waals surface area contributed by atoms with Gasteiger partial charge in [0.2, 0.25) is 23.6 Å². The van der Waals surface area contributed by atoms with Crippen LogP contribution < -0.4 is 32.7 Å². The maximum Gasteiger partial charge on any atom is 0.312 e. The maximum absolute atomic E-state index is 13.5. The van der Waals surface area contributed by atoms with E-state index < -0.39 is 35.8 Å². The van der Waals surface area contributed by atoms with Gasteiger partial charge in [0, 0.05) is 32.1 Å². The number of likely N-dealkylation sites (tertiary alicyclic amines) is 2. The minimum Gasteiger partial charge on any atom is -0.352 e. The van der Waals surface area contributed by atoms with Gasteiger partial charge in [-0.1, -0.05) is 30.3 Å². The van der Waals surface area contributed by atoms with Gasteiger partial charge in [0.25, 0.3) is 0 Å². The molecule has 2 heterocycles. The zero-order valence-corrected chi connectivity index (χ0v) is 24.3. The monoisotopic (exact) mass is 586 g/mol. The summed E-state index contributed by atoms with van der Waals surface area (Å²) in [6.07, 6.45) is 6.05. The van der Waals surface area contributed by atoms with Crippen LogP contribution in [-0.4, -0.2) is 103 Å². The summed E-state index contributed by atoms with van der Waals surface area (Å²) >= 11 is 0. The van der Waals surface area contributed by atoms with Crippen LogP contribution in [0.2, 0.25) is 0 Å². The Balaban J connectivity index is 1.55. The molecule has 0 spiro atoms. The molecular weight excluding hydrogens is 540 g/mol. The van der Waals surface area contributed by atoms with Crippen LogP contribution in [0.5, 0.6) is 0 Å². The first-order valence-corrected chi connectivity index (χ1v) is 14.9. The molecule has 2 saturated heterocycles. The van der Waals surface area contributed by atoms with Crippen LogP contribution in [0.15, 0.2) is 30.3 Å². The second-order valence-electron chi connectivity index (χ2n) is 10.9. The Hall–Kier alpha value is -3.71. The van der Waals surface area contributed by atoms with Gasteiger partial charge >= 0.3 is 6.03 Å². The summed E-state index contributed by atoms with van der Waals surface area (Å²) in [5, 5.41) is 10.5. The minimum absolute atomic E-state index is 0.144. The topological polar surface area (TPSA) is 192 Å². The van der Waals surface area contributed by atoms with Crippen molar-refractivity contribution < 1.29 is 24.0 Å². The third-order valence-electron chi connectivity index (χ3n) is 7.83. The molecule has 0 aromatic heterocycles. The van der Waals surface area contributed by atoms with Crippen molar-refractivity contribution in [3.05, 3.63) is 35.9 Å². The molecule has 2 aliphatic heterocycles. The lowest BCUT2D eigenvalue weighted by Gasteiger charge is -2.38. The fourth-order valence-corrected chi connectivity index (χ4v) is 5.57. The van der Waals surface area contributed by atoms with Crippen LogP contribution in [0.1, 0.15) is 50.5 Å². The van der Waals surface area contributed by atoms with E-state index in [0.717, 1.165) is 31.5 Å². The van der Waals surface area contributed by atoms with Gasteiger partial charge in [0.1, 0.15) is 12.1 Å². The average molecular weight is 587 g/mol. The fraction of sp³-hybridized carbons (Fsp3) is 0.621. The van der Waals surface area contributed by atoms with Gasteiger partial charge < -0.3 is 42.5 Å². The molecule has 1 aromatic rings. The van der Waals surface area contributed by atoms with Crippen LogP contribution in [0.4, 0.5) is 4.79 Å². The fourth-order valence-electron chi connectivity index (χ4n) is 5.57. The number of hydrogen-bond acceptors (Lipinski definition) is 7. The van der Waals surface area contributed by atoms with Crippen molar-refractivity contribution in [1.29, 1.82) is 0 Å². The summed E-state index contributed by atoms with van der Waals surface area (Å²) < 4.78 is 0. The standard InChI is InChI=1S/C29H46N8O5/c30-19-25(38)35-24(18-21-8-2-1-3-9-21)27(40)33-20-26(39)34-23(10-4-5-13-32-29(31)42)28(41)37-16-11-22(12-17-37)36-14-6-7-15-36/h1-3,8-9,22-24H,4-7,10-20,30H2,(H,33,40)(H,34,39)(H,35,38)(H3,31,32,42)/t23-,24-/m1/s1. The predicted octanol–water partition coefficient (Wildman–Crippen LogP) is -0.801. The molecule has 42 heavy (non-hydrogen) atoms. The number of nitrogens with one attached hydrogen (secondary N) is 4. The molecule has 13 nitrogen and oxygen atoms in total. The van der Waals surface area contributed by atoms with Crippen molar-refractivity contribution in [2.24, 2.45) is 11.5 Å². The number of nitrogens with zero attached hydrogens (tertiary/aromatic N) is 2. The van der Waals surface area contributed by atoms with E-state index in [0.29, 0.717) is 44.9 Å². The zero-order chi connectivity index (χ0) is 30.3. The Morgan fingerprint density at radius 1 is 0.857 bits per heavy atom. The molecule has 0 radical (unpaired) electrons. The highest BCUT2D eigenvalue weighted by molar-refractivity contribution is 5.93. The largest absolute Gasteiger partial charge is 0.352 e. The van der Waals surface area contributed by atoms with Crippen LogP contribution in [-0.2, 0) is 25.6 Å². The van der Waals surface area contributed by atoms with Gasteiger partial charge in [0.15, 0.2) is 0 Å². The summed E-state index contributed by atoms with van der Waals surface area (Å²) in [5.74, 6) is -1.66. The Morgan fingerprint density at radius 3 is 2.17 bits per heavy atom. The van der Waals surface area contributed by atoms with Crippen LogP contribution >= 0.6 is 0 Å². The molecule has 0 aliphatic carbocycles. The molecule has 0 unspecified atom stereocenters. The molecule has 0 saturated carbocycles. The van der Waals surface area contributed by atoms with Gasteiger partial charge in [-0.3, -0.25) is 19.2 Å². The van der Waals surface area contributed by atoms with E-state index >= 15 is 0 Å². The lowest BCUT2D eigenvalue weighted by atomic mass is 10.0. The van der Waals surface area contributed by atoms with E-state index in [1.807, 2.05) is 35.2 Å². The van der Waals surface area contributed by atoms with E-state index in [1.165, 1.54) is 12.8 Å². The molecule has 3 rings (SSSR count). The summed E-state index contributed by atoms with van der Waals surface area (Å²) in [6, 6.07) is 7.39. The van der Waals surface area contributed by atoms with Gasteiger partial charge in [-0.2, -0.15) is 0 Å². The first-order chi connectivity index (χ1) is 20.3. The van der Waals surface area contributed by atoms with Gasteiger partial charge in [-0.05, 0) is 63.6 Å². The normalized spacial score (nSPS) is 17.2. The maximum atomic E-state index is 13.5. The van der Waals surface area contributed by atoms with Crippen molar-refractivity contribution in [2.75, 3.05) is 45.8 Å². The Morgan fingerprint density at radius 2 is 1.52 bits per heavy atom. The van der Waals surface area contributed by atoms with Crippen LogP contribution in [0.3, 0.4) is 0 Å². The minimum atomic E-state index is -0.914. The number of hydrogen-bond donors (Lipinski definition) is 6. The van der Waals surface area contributed by atoms with Crippen molar-refractivity contribution in [2.45, 2.75) is 69.5 Å².